The number of carbonyl (C=O) groups excluding carboxylic acids is 1. The number of phenolic OH excluding ortho intramolecular Hbond substituents is 1. The average Bonchev–Trinajstić information content (AvgIpc) is 2.40. The smallest absolute Gasteiger partial charge is 0.163 e. The molecule has 0 saturated heterocycles. The van der Waals surface area contributed by atoms with Crippen LogP contribution < -0.4 is 0 Å². The number of Topliss-reactive ketones (excluding diaryl/α,β-unsaturated/α-hetero) is 1. The Morgan fingerprint density at radius 3 is 2.70 bits per heavy atom. The minimum Gasteiger partial charge on any atom is -0.507 e. The quantitative estimate of drug-likeness (QED) is 0.585. The number of rotatable bonds is 4. The van der Waals surface area contributed by atoms with Crippen LogP contribution in [0.25, 0.3) is 0 Å². The lowest BCUT2D eigenvalue weighted by Crippen LogP contribution is -1.96. The second-order valence-electron chi connectivity index (χ2n) is 4.24. The molecule has 2 aromatic rings. The summed E-state index contributed by atoms with van der Waals surface area (Å²) in [5.74, 6) is 0.355. The van der Waals surface area contributed by atoms with Crippen LogP contribution in [0.15, 0.2) is 45.8 Å². The number of phenols is 1. The van der Waals surface area contributed by atoms with Gasteiger partial charge in [-0.05, 0) is 47.1 Å². The summed E-state index contributed by atoms with van der Waals surface area (Å²) in [5, 5.41) is 10.6. The van der Waals surface area contributed by atoms with Crippen molar-refractivity contribution >= 4 is 45.1 Å². The van der Waals surface area contributed by atoms with Gasteiger partial charge in [-0.3, -0.25) is 4.79 Å². The van der Waals surface area contributed by atoms with E-state index >= 15 is 0 Å². The first-order valence-electron chi connectivity index (χ1n) is 5.88. The molecule has 0 unspecified atom stereocenters. The Labute approximate surface area is 135 Å². The van der Waals surface area contributed by atoms with Crippen molar-refractivity contribution in [1.29, 1.82) is 0 Å². The predicted octanol–water partition coefficient (Wildman–Crippen LogP) is 5.30. The molecule has 0 spiro atoms. The van der Waals surface area contributed by atoms with E-state index in [-0.39, 0.29) is 17.1 Å². The number of benzene rings is 2. The SMILES string of the molecule is CC(=O)c1cc(Cl)cc(CSc2ccccc2Br)c1O. The van der Waals surface area contributed by atoms with Crippen LogP contribution in [0.5, 0.6) is 5.75 Å². The molecule has 0 aliphatic carbocycles. The fraction of sp³-hybridized carbons (Fsp3) is 0.133. The lowest BCUT2D eigenvalue weighted by atomic mass is 10.1. The summed E-state index contributed by atoms with van der Waals surface area (Å²) in [6.07, 6.45) is 0. The van der Waals surface area contributed by atoms with E-state index in [0.717, 1.165) is 9.37 Å². The molecule has 2 nitrogen and oxygen atoms in total. The van der Waals surface area contributed by atoms with Crippen molar-refractivity contribution in [1.82, 2.24) is 0 Å². The zero-order chi connectivity index (χ0) is 14.7. The molecular formula is C15H12BrClO2S. The van der Waals surface area contributed by atoms with Crippen LogP contribution in [0.2, 0.25) is 5.02 Å². The number of hydrogen-bond donors (Lipinski definition) is 1. The van der Waals surface area contributed by atoms with Gasteiger partial charge in [-0.15, -0.1) is 11.8 Å². The summed E-state index contributed by atoms with van der Waals surface area (Å²) < 4.78 is 0.998. The van der Waals surface area contributed by atoms with E-state index in [1.807, 2.05) is 24.3 Å². The second kappa shape index (κ2) is 6.66. The van der Waals surface area contributed by atoms with Crippen molar-refractivity contribution in [2.75, 3.05) is 0 Å². The van der Waals surface area contributed by atoms with Gasteiger partial charge in [0.25, 0.3) is 0 Å². The van der Waals surface area contributed by atoms with Gasteiger partial charge in [0.15, 0.2) is 5.78 Å². The maximum absolute atomic E-state index is 11.5. The number of thioether (sulfide) groups is 1. The summed E-state index contributed by atoms with van der Waals surface area (Å²) in [6, 6.07) is 11.0. The van der Waals surface area contributed by atoms with E-state index in [4.69, 9.17) is 11.6 Å². The summed E-state index contributed by atoms with van der Waals surface area (Å²) in [6.45, 7) is 1.41. The topological polar surface area (TPSA) is 37.3 Å². The van der Waals surface area contributed by atoms with Gasteiger partial charge in [0.2, 0.25) is 0 Å². The highest BCUT2D eigenvalue weighted by Gasteiger charge is 2.13. The number of hydrogen-bond acceptors (Lipinski definition) is 3. The Kier molecular flexibility index (Phi) is 5.13. The third-order valence-electron chi connectivity index (χ3n) is 2.75. The van der Waals surface area contributed by atoms with Gasteiger partial charge in [-0.1, -0.05) is 23.7 Å². The van der Waals surface area contributed by atoms with Crippen LogP contribution in [0, 0.1) is 0 Å². The Bertz CT molecular complexity index is 658. The first kappa shape index (κ1) is 15.4. The number of aromatic hydroxyl groups is 1. The molecule has 0 bridgehead atoms. The van der Waals surface area contributed by atoms with Gasteiger partial charge in [-0.2, -0.15) is 0 Å². The standard InChI is InChI=1S/C15H12BrClO2S/c1-9(18)12-7-11(17)6-10(15(12)19)8-20-14-5-3-2-4-13(14)16/h2-7,19H,8H2,1H3. The van der Waals surface area contributed by atoms with E-state index in [2.05, 4.69) is 15.9 Å². The largest absolute Gasteiger partial charge is 0.507 e. The fourth-order valence-corrected chi connectivity index (χ4v) is 3.53. The van der Waals surface area contributed by atoms with Gasteiger partial charge in [0, 0.05) is 25.7 Å². The summed E-state index contributed by atoms with van der Waals surface area (Å²) in [4.78, 5) is 12.5. The molecule has 0 fully saturated rings. The van der Waals surface area contributed by atoms with Crippen LogP contribution >= 0.6 is 39.3 Å². The lowest BCUT2D eigenvalue weighted by molar-refractivity contribution is 0.101. The van der Waals surface area contributed by atoms with E-state index in [1.165, 1.54) is 13.0 Å². The number of carbonyl (C=O) groups is 1. The van der Waals surface area contributed by atoms with Crippen LogP contribution in [-0.2, 0) is 5.75 Å². The molecule has 0 heterocycles. The molecule has 0 aliphatic rings. The molecule has 104 valence electrons. The monoisotopic (exact) mass is 370 g/mol. The molecule has 1 N–H and O–H groups in total. The van der Waals surface area contributed by atoms with E-state index in [1.54, 1.807) is 17.8 Å². The number of halogens is 2. The Balaban J connectivity index is 2.26. The lowest BCUT2D eigenvalue weighted by Gasteiger charge is -2.09. The second-order valence-corrected chi connectivity index (χ2v) is 6.54. The third-order valence-corrected chi connectivity index (χ3v) is 5.05. The van der Waals surface area contributed by atoms with Crippen molar-refractivity contribution in [2.45, 2.75) is 17.6 Å². The highest BCUT2D eigenvalue weighted by molar-refractivity contribution is 9.10. The Morgan fingerprint density at radius 2 is 2.05 bits per heavy atom. The van der Waals surface area contributed by atoms with E-state index in [9.17, 15) is 9.90 Å². The minimum absolute atomic E-state index is 0.0152. The minimum atomic E-state index is -0.197. The molecule has 2 aromatic carbocycles. The van der Waals surface area contributed by atoms with Gasteiger partial charge in [-0.25, -0.2) is 0 Å². The van der Waals surface area contributed by atoms with Crippen LogP contribution in [0.3, 0.4) is 0 Å². The molecule has 0 radical (unpaired) electrons. The Morgan fingerprint density at radius 1 is 1.35 bits per heavy atom. The van der Waals surface area contributed by atoms with Crippen molar-refractivity contribution in [3.8, 4) is 5.75 Å². The molecule has 0 aromatic heterocycles. The molecule has 20 heavy (non-hydrogen) atoms. The van der Waals surface area contributed by atoms with Crippen LogP contribution in [0.4, 0.5) is 0 Å². The van der Waals surface area contributed by atoms with Gasteiger partial charge in [0.05, 0.1) is 5.56 Å². The van der Waals surface area contributed by atoms with Crippen molar-refractivity contribution in [3.63, 3.8) is 0 Å². The van der Waals surface area contributed by atoms with Crippen LogP contribution in [0.1, 0.15) is 22.8 Å². The highest BCUT2D eigenvalue weighted by Crippen LogP contribution is 2.35. The van der Waals surface area contributed by atoms with Crippen molar-refractivity contribution in [2.24, 2.45) is 0 Å². The predicted molar refractivity (Wildman–Crippen MR) is 86.8 cm³/mol. The first-order valence-corrected chi connectivity index (χ1v) is 8.04. The van der Waals surface area contributed by atoms with Gasteiger partial charge >= 0.3 is 0 Å². The molecule has 0 atom stereocenters. The fourth-order valence-electron chi connectivity index (χ4n) is 1.75. The number of ketones is 1. The Hall–Kier alpha value is -0.970. The zero-order valence-corrected chi connectivity index (χ0v) is 13.8. The third kappa shape index (κ3) is 3.57. The maximum atomic E-state index is 11.5. The van der Waals surface area contributed by atoms with Gasteiger partial charge in [0.1, 0.15) is 5.75 Å². The van der Waals surface area contributed by atoms with Crippen molar-refractivity contribution < 1.29 is 9.90 Å². The molecule has 5 heteroatoms. The highest BCUT2D eigenvalue weighted by atomic mass is 79.9. The van der Waals surface area contributed by atoms with E-state index in [0.29, 0.717) is 16.3 Å². The molecule has 0 aliphatic heterocycles. The van der Waals surface area contributed by atoms with Gasteiger partial charge < -0.3 is 5.11 Å². The summed E-state index contributed by atoms with van der Waals surface area (Å²) in [7, 11) is 0. The molecule has 0 amide bonds. The van der Waals surface area contributed by atoms with Crippen molar-refractivity contribution in [3.05, 3.63) is 57.0 Å². The summed E-state index contributed by atoms with van der Waals surface area (Å²) in [5.41, 5.74) is 0.920. The zero-order valence-electron chi connectivity index (χ0n) is 10.7. The first-order chi connectivity index (χ1) is 9.49. The molecular weight excluding hydrogens is 360 g/mol. The van der Waals surface area contributed by atoms with Crippen LogP contribution in [-0.4, -0.2) is 10.9 Å². The summed E-state index contributed by atoms with van der Waals surface area (Å²) >= 11 is 11.0. The molecule has 2 rings (SSSR count). The maximum Gasteiger partial charge on any atom is 0.163 e. The molecule has 0 saturated carbocycles. The van der Waals surface area contributed by atoms with E-state index < -0.39 is 0 Å². The normalized spacial score (nSPS) is 10.6. The average molecular weight is 372 g/mol.